The molecule has 1 aromatic rings. The molecule has 1 fully saturated rings. The van der Waals surface area contributed by atoms with E-state index in [2.05, 4.69) is 20.1 Å². The lowest BCUT2D eigenvalue weighted by atomic mass is 10.2. The number of nitrogens with one attached hydrogen (secondary N) is 1. The first kappa shape index (κ1) is 13.0. The summed E-state index contributed by atoms with van der Waals surface area (Å²) in [6.45, 7) is 1.62. The van der Waals surface area contributed by atoms with E-state index in [4.69, 9.17) is 0 Å². The standard InChI is InChI=1S/C12H21N5O/c1-16(2)7-8-17(10-5-3-4-6-10)12(18)11-13-9-14-15-11/h9-10H,3-8H2,1-2H3,(H,13,14,15). The Kier molecular flexibility index (Phi) is 4.30. The molecule has 18 heavy (non-hydrogen) atoms. The Morgan fingerprint density at radius 3 is 2.67 bits per heavy atom. The molecule has 1 N–H and O–H groups in total. The molecule has 1 aromatic heterocycles. The number of likely N-dealkylation sites (N-methyl/N-ethyl adjacent to an activating group) is 1. The Balaban J connectivity index is 2.05. The lowest BCUT2D eigenvalue weighted by Crippen LogP contribution is -2.43. The van der Waals surface area contributed by atoms with Crippen LogP contribution < -0.4 is 0 Å². The van der Waals surface area contributed by atoms with Crippen LogP contribution >= 0.6 is 0 Å². The quantitative estimate of drug-likeness (QED) is 0.838. The van der Waals surface area contributed by atoms with Crippen LogP contribution in [0.15, 0.2) is 6.33 Å². The summed E-state index contributed by atoms with van der Waals surface area (Å²) in [6, 6.07) is 0.363. The van der Waals surface area contributed by atoms with Gasteiger partial charge in [-0.25, -0.2) is 4.98 Å². The minimum atomic E-state index is -0.0266. The van der Waals surface area contributed by atoms with Gasteiger partial charge in [-0.3, -0.25) is 9.89 Å². The molecule has 0 unspecified atom stereocenters. The Hall–Kier alpha value is -1.43. The van der Waals surface area contributed by atoms with Gasteiger partial charge in [0.2, 0.25) is 5.82 Å². The van der Waals surface area contributed by atoms with E-state index in [9.17, 15) is 4.79 Å². The van der Waals surface area contributed by atoms with Crippen molar-refractivity contribution in [2.24, 2.45) is 0 Å². The van der Waals surface area contributed by atoms with Crippen molar-refractivity contribution in [2.75, 3.05) is 27.2 Å². The number of aromatic amines is 1. The maximum Gasteiger partial charge on any atom is 0.291 e. The van der Waals surface area contributed by atoms with Crippen molar-refractivity contribution in [1.82, 2.24) is 25.0 Å². The molecule has 0 saturated heterocycles. The fraction of sp³-hybridized carbons (Fsp3) is 0.750. The first-order valence-electron chi connectivity index (χ1n) is 6.49. The minimum Gasteiger partial charge on any atom is -0.332 e. The molecule has 1 aliphatic rings. The summed E-state index contributed by atoms with van der Waals surface area (Å²) in [5.41, 5.74) is 0. The van der Waals surface area contributed by atoms with Crippen LogP contribution in [-0.2, 0) is 0 Å². The van der Waals surface area contributed by atoms with Crippen LogP contribution in [0.2, 0.25) is 0 Å². The lowest BCUT2D eigenvalue weighted by Gasteiger charge is -2.29. The van der Waals surface area contributed by atoms with E-state index >= 15 is 0 Å². The van der Waals surface area contributed by atoms with E-state index in [0.717, 1.165) is 25.9 Å². The van der Waals surface area contributed by atoms with Crippen LogP contribution in [0.1, 0.15) is 36.3 Å². The zero-order valence-corrected chi connectivity index (χ0v) is 11.1. The first-order chi connectivity index (χ1) is 8.68. The van der Waals surface area contributed by atoms with E-state index in [1.54, 1.807) is 0 Å². The van der Waals surface area contributed by atoms with E-state index in [-0.39, 0.29) is 5.91 Å². The molecular formula is C12H21N5O. The van der Waals surface area contributed by atoms with Gasteiger partial charge in [0.25, 0.3) is 5.91 Å². The van der Waals surface area contributed by atoms with E-state index in [1.165, 1.54) is 19.2 Å². The van der Waals surface area contributed by atoms with Gasteiger partial charge in [0.05, 0.1) is 0 Å². The predicted octanol–water partition coefficient (Wildman–Crippen LogP) is 0.751. The summed E-state index contributed by atoms with van der Waals surface area (Å²) in [4.78, 5) is 20.4. The second-order valence-electron chi connectivity index (χ2n) is 5.07. The second kappa shape index (κ2) is 5.95. The van der Waals surface area contributed by atoms with E-state index in [1.807, 2.05) is 19.0 Å². The summed E-state index contributed by atoms with van der Waals surface area (Å²) < 4.78 is 0. The molecule has 100 valence electrons. The predicted molar refractivity (Wildman–Crippen MR) is 68.2 cm³/mol. The zero-order valence-electron chi connectivity index (χ0n) is 11.1. The summed E-state index contributed by atoms with van der Waals surface area (Å²) in [6.07, 6.45) is 6.02. The van der Waals surface area contributed by atoms with Gasteiger partial charge >= 0.3 is 0 Å². The Morgan fingerprint density at radius 2 is 2.11 bits per heavy atom. The van der Waals surface area contributed by atoms with Crippen LogP contribution in [-0.4, -0.2) is 64.1 Å². The topological polar surface area (TPSA) is 65.1 Å². The monoisotopic (exact) mass is 251 g/mol. The van der Waals surface area contributed by atoms with Gasteiger partial charge in [0.15, 0.2) is 0 Å². The molecule has 2 rings (SSSR count). The largest absolute Gasteiger partial charge is 0.332 e. The molecule has 0 atom stereocenters. The number of hydrogen-bond acceptors (Lipinski definition) is 4. The molecule has 0 aliphatic heterocycles. The van der Waals surface area contributed by atoms with Crippen LogP contribution in [0.5, 0.6) is 0 Å². The number of hydrogen-bond donors (Lipinski definition) is 1. The van der Waals surface area contributed by atoms with Crippen molar-refractivity contribution in [2.45, 2.75) is 31.7 Å². The van der Waals surface area contributed by atoms with Gasteiger partial charge in [-0.1, -0.05) is 12.8 Å². The van der Waals surface area contributed by atoms with Crippen LogP contribution in [0.3, 0.4) is 0 Å². The van der Waals surface area contributed by atoms with Gasteiger partial charge < -0.3 is 9.80 Å². The van der Waals surface area contributed by atoms with Crippen LogP contribution in [0.4, 0.5) is 0 Å². The smallest absolute Gasteiger partial charge is 0.291 e. The third-order valence-electron chi connectivity index (χ3n) is 3.43. The van der Waals surface area contributed by atoms with Crippen molar-refractivity contribution in [3.63, 3.8) is 0 Å². The maximum atomic E-state index is 12.4. The third kappa shape index (κ3) is 3.07. The molecule has 1 amide bonds. The highest BCUT2D eigenvalue weighted by Crippen LogP contribution is 2.24. The molecule has 1 heterocycles. The maximum absolute atomic E-state index is 12.4. The highest BCUT2D eigenvalue weighted by molar-refractivity contribution is 5.90. The number of amides is 1. The molecule has 0 spiro atoms. The molecule has 0 aromatic carbocycles. The average Bonchev–Trinajstić information content (AvgIpc) is 3.01. The van der Waals surface area contributed by atoms with Crippen molar-refractivity contribution in [1.29, 1.82) is 0 Å². The number of nitrogens with zero attached hydrogens (tertiary/aromatic N) is 4. The molecule has 0 bridgehead atoms. The normalized spacial score (nSPS) is 16.4. The van der Waals surface area contributed by atoms with Crippen LogP contribution in [0, 0.1) is 0 Å². The second-order valence-corrected chi connectivity index (χ2v) is 5.07. The average molecular weight is 251 g/mol. The van der Waals surface area contributed by atoms with Crippen molar-refractivity contribution >= 4 is 5.91 Å². The fourth-order valence-corrected chi connectivity index (χ4v) is 2.42. The zero-order chi connectivity index (χ0) is 13.0. The van der Waals surface area contributed by atoms with E-state index in [0.29, 0.717) is 11.9 Å². The number of H-pyrrole nitrogens is 1. The van der Waals surface area contributed by atoms with Gasteiger partial charge in [0.1, 0.15) is 6.33 Å². The highest BCUT2D eigenvalue weighted by Gasteiger charge is 2.28. The van der Waals surface area contributed by atoms with Gasteiger partial charge in [-0.05, 0) is 26.9 Å². The Labute approximate surface area is 107 Å². The van der Waals surface area contributed by atoms with Gasteiger partial charge in [0, 0.05) is 19.1 Å². The number of carbonyl (C=O) groups excluding carboxylic acids is 1. The van der Waals surface area contributed by atoms with Gasteiger partial charge in [-0.2, -0.15) is 5.10 Å². The first-order valence-corrected chi connectivity index (χ1v) is 6.49. The number of carbonyl (C=O) groups is 1. The summed E-state index contributed by atoms with van der Waals surface area (Å²) in [5, 5.41) is 6.42. The molecular weight excluding hydrogens is 230 g/mol. The summed E-state index contributed by atoms with van der Waals surface area (Å²) >= 11 is 0. The Morgan fingerprint density at radius 1 is 1.39 bits per heavy atom. The molecule has 6 heteroatoms. The molecule has 1 aliphatic carbocycles. The molecule has 0 radical (unpaired) electrons. The summed E-state index contributed by atoms with van der Waals surface area (Å²) in [5.74, 6) is 0.321. The van der Waals surface area contributed by atoms with E-state index < -0.39 is 0 Å². The van der Waals surface area contributed by atoms with Gasteiger partial charge in [-0.15, -0.1) is 0 Å². The summed E-state index contributed by atoms with van der Waals surface area (Å²) in [7, 11) is 4.04. The molecule has 1 saturated carbocycles. The molecule has 6 nitrogen and oxygen atoms in total. The van der Waals surface area contributed by atoms with Crippen molar-refractivity contribution in [3.8, 4) is 0 Å². The number of rotatable bonds is 5. The van der Waals surface area contributed by atoms with Crippen LogP contribution in [0.25, 0.3) is 0 Å². The van der Waals surface area contributed by atoms with Crippen molar-refractivity contribution < 1.29 is 4.79 Å². The minimum absolute atomic E-state index is 0.0266. The SMILES string of the molecule is CN(C)CCN(C(=O)c1ncn[nH]1)C1CCCC1. The van der Waals surface area contributed by atoms with Crippen molar-refractivity contribution in [3.05, 3.63) is 12.2 Å². The highest BCUT2D eigenvalue weighted by atomic mass is 16.2. The fourth-order valence-electron chi connectivity index (χ4n) is 2.42. The number of aromatic nitrogens is 3. The third-order valence-corrected chi connectivity index (χ3v) is 3.43. The lowest BCUT2D eigenvalue weighted by molar-refractivity contribution is 0.0655. The Bertz CT molecular complexity index is 370.